The molecule has 2 nitrogen and oxygen atoms in total. The van der Waals surface area contributed by atoms with Crippen LogP contribution in [0.4, 0.5) is 15.8 Å². The van der Waals surface area contributed by atoms with Crippen LogP contribution in [-0.2, 0) is 0 Å². The summed E-state index contributed by atoms with van der Waals surface area (Å²) < 4.78 is 14.6. The normalized spacial score (nSPS) is 10.6. The summed E-state index contributed by atoms with van der Waals surface area (Å²) in [5, 5.41) is 4.05. The molecule has 2 aromatic carbocycles. The largest absolute Gasteiger partial charge is 0.353 e. The van der Waals surface area contributed by atoms with E-state index in [1.165, 1.54) is 6.07 Å². The van der Waals surface area contributed by atoms with Crippen molar-refractivity contribution in [1.82, 2.24) is 4.98 Å². The highest BCUT2D eigenvalue weighted by atomic mass is 79.9. The maximum atomic E-state index is 13.7. The molecule has 0 aliphatic rings. The quantitative estimate of drug-likeness (QED) is 0.728. The molecule has 1 N–H and O–H groups in total. The van der Waals surface area contributed by atoms with Gasteiger partial charge >= 0.3 is 0 Å². The van der Waals surface area contributed by atoms with Crippen LogP contribution < -0.4 is 5.32 Å². The molecule has 0 unspecified atom stereocenters. The van der Waals surface area contributed by atoms with Gasteiger partial charge in [-0.2, -0.15) is 0 Å². The summed E-state index contributed by atoms with van der Waals surface area (Å²) in [6.07, 6.45) is 1.71. The van der Waals surface area contributed by atoms with Gasteiger partial charge in [0.1, 0.15) is 5.82 Å². The number of halogens is 2. The first kappa shape index (κ1) is 12.1. The van der Waals surface area contributed by atoms with Gasteiger partial charge in [0.25, 0.3) is 0 Å². The Balaban J connectivity index is 2.10. The number of aromatic nitrogens is 1. The van der Waals surface area contributed by atoms with E-state index in [-0.39, 0.29) is 5.82 Å². The fraction of sp³-hybridized carbons (Fsp3) is 0. The molecule has 0 amide bonds. The van der Waals surface area contributed by atoms with Crippen molar-refractivity contribution in [2.24, 2.45) is 0 Å². The van der Waals surface area contributed by atoms with Crippen LogP contribution in [0.15, 0.2) is 59.2 Å². The van der Waals surface area contributed by atoms with E-state index in [9.17, 15) is 4.39 Å². The molecule has 0 aliphatic heterocycles. The molecule has 4 heteroatoms. The third-order valence-corrected chi connectivity index (χ3v) is 3.34. The summed E-state index contributed by atoms with van der Waals surface area (Å²) in [4.78, 5) is 4.29. The predicted octanol–water partition coefficient (Wildman–Crippen LogP) is 4.88. The average Bonchev–Trinajstić information content (AvgIpc) is 2.42. The molecule has 0 bridgehead atoms. The number of anilines is 2. The Morgan fingerprint density at radius 2 is 1.84 bits per heavy atom. The van der Waals surface area contributed by atoms with Crippen molar-refractivity contribution >= 4 is 38.2 Å². The van der Waals surface area contributed by atoms with E-state index in [1.807, 2.05) is 24.3 Å². The van der Waals surface area contributed by atoms with Gasteiger partial charge in [0, 0.05) is 21.7 Å². The van der Waals surface area contributed by atoms with Crippen molar-refractivity contribution in [3.8, 4) is 0 Å². The number of hydrogen-bond donors (Lipinski definition) is 1. The molecule has 3 rings (SSSR count). The third kappa shape index (κ3) is 2.44. The van der Waals surface area contributed by atoms with Crippen LogP contribution in [0.5, 0.6) is 0 Å². The van der Waals surface area contributed by atoms with Gasteiger partial charge in [-0.3, -0.25) is 4.98 Å². The smallest absolute Gasteiger partial charge is 0.146 e. The number of nitrogens with zero attached hydrogens (tertiary/aromatic N) is 1. The van der Waals surface area contributed by atoms with E-state index in [0.29, 0.717) is 5.69 Å². The predicted molar refractivity (Wildman–Crippen MR) is 79.1 cm³/mol. The highest BCUT2D eigenvalue weighted by molar-refractivity contribution is 9.10. The second-order valence-corrected chi connectivity index (χ2v) is 5.04. The molecule has 19 heavy (non-hydrogen) atoms. The number of benzene rings is 2. The standard InChI is InChI=1S/C15H10BrFN2/c16-10-5-6-13-11(9-10)14(7-8-18-13)19-15-4-2-1-3-12(15)17/h1-9H,(H,18,19). The van der Waals surface area contributed by atoms with Crippen LogP contribution in [0.1, 0.15) is 0 Å². The fourth-order valence-electron chi connectivity index (χ4n) is 1.94. The van der Waals surface area contributed by atoms with Crippen LogP contribution in [0.2, 0.25) is 0 Å². The molecule has 94 valence electrons. The molecular formula is C15H10BrFN2. The molecule has 0 radical (unpaired) electrons. The number of nitrogens with one attached hydrogen (secondary N) is 1. The van der Waals surface area contributed by atoms with E-state index in [2.05, 4.69) is 26.2 Å². The van der Waals surface area contributed by atoms with Crippen LogP contribution >= 0.6 is 15.9 Å². The first-order chi connectivity index (χ1) is 9.24. The molecular weight excluding hydrogens is 307 g/mol. The SMILES string of the molecule is Fc1ccccc1Nc1ccnc2ccc(Br)cc12. The van der Waals surface area contributed by atoms with E-state index in [0.717, 1.165) is 21.1 Å². The highest BCUT2D eigenvalue weighted by Crippen LogP contribution is 2.28. The summed E-state index contributed by atoms with van der Waals surface area (Å²) in [5.74, 6) is -0.276. The summed E-state index contributed by atoms with van der Waals surface area (Å²) in [6, 6.07) is 14.3. The summed E-state index contributed by atoms with van der Waals surface area (Å²) >= 11 is 3.44. The van der Waals surface area contributed by atoms with E-state index in [1.54, 1.807) is 24.4 Å². The van der Waals surface area contributed by atoms with Gasteiger partial charge in [0.2, 0.25) is 0 Å². The van der Waals surface area contributed by atoms with Crippen molar-refractivity contribution in [3.05, 3.63) is 65.0 Å². The fourth-order valence-corrected chi connectivity index (χ4v) is 2.30. The van der Waals surface area contributed by atoms with Crippen molar-refractivity contribution in [1.29, 1.82) is 0 Å². The molecule has 3 aromatic rings. The van der Waals surface area contributed by atoms with Gasteiger partial charge in [-0.25, -0.2) is 4.39 Å². The Bertz CT molecular complexity index is 743. The summed E-state index contributed by atoms with van der Waals surface area (Å²) in [6.45, 7) is 0. The van der Waals surface area contributed by atoms with E-state index >= 15 is 0 Å². The van der Waals surface area contributed by atoms with Crippen molar-refractivity contribution in [2.45, 2.75) is 0 Å². The first-order valence-electron chi connectivity index (χ1n) is 5.80. The van der Waals surface area contributed by atoms with Gasteiger partial charge in [-0.15, -0.1) is 0 Å². The Kier molecular flexibility index (Phi) is 3.17. The lowest BCUT2D eigenvalue weighted by Crippen LogP contribution is -1.95. The lowest BCUT2D eigenvalue weighted by Gasteiger charge is -2.10. The lowest BCUT2D eigenvalue weighted by atomic mass is 10.2. The molecule has 0 spiro atoms. The van der Waals surface area contributed by atoms with Crippen LogP contribution in [0, 0.1) is 5.82 Å². The first-order valence-corrected chi connectivity index (χ1v) is 6.59. The summed E-state index contributed by atoms with van der Waals surface area (Å²) in [5.41, 5.74) is 2.15. The van der Waals surface area contributed by atoms with Gasteiger partial charge in [0.05, 0.1) is 11.2 Å². The number of pyridine rings is 1. The molecule has 0 atom stereocenters. The second kappa shape index (κ2) is 4.97. The average molecular weight is 317 g/mol. The molecule has 1 heterocycles. The molecule has 0 aliphatic carbocycles. The molecule has 0 saturated carbocycles. The Morgan fingerprint density at radius 1 is 1.00 bits per heavy atom. The van der Waals surface area contributed by atoms with E-state index < -0.39 is 0 Å². The van der Waals surface area contributed by atoms with Gasteiger partial charge in [-0.05, 0) is 36.4 Å². The maximum absolute atomic E-state index is 13.7. The van der Waals surface area contributed by atoms with Crippen LogP contribution in [-0.4, -0.2) is 4.98 Å². The zero-order chi connectivity index (χ0) is 13.2. The lowest BCUT2D eigenvalue weighted by molar-refractivity contribution is 0.632. The monoisotopic (exact) mass is 316 g/mol. The Morgan fingerprint density at radius 3 is 2.68 bits per heavy atom. The minimum Gasteiger partial charge on any atom is -0.353 e. The number of rotatable bonds is 2. The van der Waals surface area contributed by atoms with Crippen molar-refractivity contribution in [3.63, 3.8) is 0 Å². The maximum Gasteiger partial charge on any atom is 0.146 e. The minimum absolute atomic E-state index is 0.276. The van der Waals surface area contributed by atoms with E-state index in [4.69, 9.17) is 0 Å². The summed E-state index contributed by atoms with van der Waals surface area (Å²) in [7, 11) is 0. The minimum atomic E-state index is -0.276. The number of fused-ring (bicyclic) bond motifs is 1. The zero-order valence-electron chi connectivity index (χ0n) is 9.90. The van der Waals surface area contributed by atoms with Gasteiger partial charge in [-0.1, -0.05) is 28.1 Å². The Hall–Kier alpha value is -1.94. The van der Waals surface area contributed by atoms with Gasteiger partial charge < -0.3 is 5.32 Å². The Labute approximate surface area is 118 Å². The number of para-hydroxylation sites is 1. The highest BCUT2D eigenvalue weighted by Gasteiger charge is 2.05. The molecule has 0 fully saturated rings. The van der Waals surface area contributed by atoms with Crippen LogP contribution in [0.3, 0.4) is 0 Å². The van der Waals surface area contributed by atoms with Crippen molar-refractivity contribution in [2.75, 3.05) is 5.32 Å². The van der Waals surface area contributed by atoms with Crippen LogP contribution in [0.25, 0.3) is 10.9 Å². The third-order valence-electron chi connectivity index (χ3n) is 2.85. The van der Waals surface area contributed by atoms with Crippen molar-refractivity contribution < 1.29 is 4.39 Å². The molecule has 1 aromatic heterocycles. The zero-order valence-corrected chi connectivity index (χ0v) is 11.5. The topological polar surface area (TPSA) is 24.9 Å². The molecule has 0 saturated heterocycles. The number of hydrogen-bond acceptors (Lipinski definition) is 2. The second-order valence-electron chi connectivity index (χ2n) is 4.12. The van der Waals surface area contributed by atoms with Gasteiger partial charge in [0.15, 0.2) is 0 Å².